The Kier molecular flexibility index (Phi) is 5.38. The first-order chi connectivity index (χ1) is 9.61. The molecule has 0 amide bonds. The van der Waals surface area contributed by atoms with Gasteiger partial charge in [-0.1, -0.05) is 62.2 Å². The molecule has 0 unspecified atom stereocenters. The molecule has 0 heterocycles. The van der Waals surface area contributed by atoms with Crippen LogP contribution in [0.2, 0.25) is 0 Å². The van der Waals surface area contributed by atoms with E-state index in [1.165, 1.54) is 0 Å². The highest BCUT2D eigenvalue weighted by atomic mass is 79.9. The van der Waals surface area contributed by atoms with E-state index in [2.05, 4.69) is 31.9 Å². The van der Waals surface area contributed by atoms with Crippen LogP contribution in [0.25, 0.3) is 0 Å². The number of aliphatic hydroxyl groups excluding tert-OH is 2. The highest BCUT2D eigenvalue weighted by molar-refractivity contribution is 9.10. The lowest BCUT2D eigenvalue weighted by atomic mass is 9.77. The second-order valence-electron chi connectivity index (χ2n) is 4.87. The molecular formula is C16H16Br2O2. The van der Waals surface area contributed by atoms with E-state index in [0.29, 0.717) is 6.42 Å². The summed E-state index contributed by atoms with van der Waals surface area (Å²) < 4.78 is 1.97. The fourth-order valence-corrected chi connectivity index (χ4v) is 2.95. The molecule has 2 rings (SSSR count). The molecule has 0 saturated carbocycles. The maximum Gasteiger partial charge on any atom is 0.0553 e. The van der Waals surface area contributed by atoms with Crippen LogP contribution in [0.15, 0.2) is 57.5 Å². The number of benzene rings is 2. The largest absolute Gasteiger partial charge is 0.395 e. The minimum absolute atomic E-state index is 0.105. The molecule has 0 atom stereocenters. The summed E-state index contributed by atoms with van der Waals surface area (Å²) in [5, 5.41) is 19.7. The Morgan fingerprint density at radius 1 is 0.850 bits per heavy atom. The first-order valence-electron chi connectivity index (χ1n) is 6.32. The number of hydrogen-bond donors (Lipinski definition) is 2. The maximum absolute atomic E-state index is 9.86. The van der Waals surface area contributed by atoms with E-state index in [9.17, 15) is 10.2 Å². The first-order valence-corrected chi connectivity index (χ1v) is 7.91. The Morgan fingerprint density at radius 2 is 1.45 bits per heavy atom. The van der Waals surface area contributed by atoms with Crippen LogP contribution >= 0.6 is 31.9 Å². The molecule has 2 aromatic carbocycles. The topological polar surface area (TPSA) is 40.5 Å². The van der Waals surface area contributed by atoms with Gasteiger partial charge in [-0.05, 0) is 35.7 Å². The third-order valence-electron chi connectivity index (χ3n) is 3.55. The van der Waals surface area contributed by atoms with Gasteiger partial charge >= 0.3 is 0 Å². The van der Waals surface area contributed by atoms with Gasteiger partial charge in [0.2, 0.25) is 0 Å². The fourth-order valence-electron chi connectivity index (χ4n) is 2.26. The minimum Gasteiger partial charge on any atom is -0.395 e. The predicted octanol–water partition coefficient (Wildman–Crippen LogP) is 3.68. The summed E-state index contributed by atoms with van der Waals surface area (Å²) in [6, 6.07) is 15.6. The van der Waals surface area contributed by atoms with Crippen molar-refractivity contribution in [1.82, 2.24) is 0 Å². The summed E-state index contributed by atoms with van der Waals surface area (Å²) in [5.41, 5.74) is 1.32. The van der Waals surface area contributed by atoms with E-state index in [-0.39, 0.29) is 13.2 Å². The second-order valence-corrected chi connectivity index (χ2v) is 6.64. The highest BCUT2D eigenvalue weighted by Gasteiger charge is 2.31. The van der Waals surface area contributed by atoms with Crippen LogP contribution in [0.1, 0.15) is 11.1 Å². The molecule has 106 valence electrons. The first kappa shape index (κ1) is 15.7. The van der Waals surface area contributed by atoms with Gasteiger partial charge < -0.3 is 10.2 Å². The van der Waals surface area contributed by atoms with E-state index in [1.807, 2.05) is 48.5 Å². The van der Waals surface area contributed by atoms with Crippen LogP contribution < -0.4 is 0 Å². The fraction of sp³-hybridized carbons (Fsp3) is 0.250. The lowest BCUT2D eigenvalue weighted by Gasteiger charge is -2.31. The zero-order chi connectivity index (χ0) is 14.6. The molecule has 20 heavy (non-hydrogen) atoms. The van der Waals surface area contributed by atoms with Crippen molar-refractivity contribution in [2.24, 2.45) is 0 Å². The van der Waals surface area contributed by atoms with E-state index < -0.39 is 5.41 Å². The van der Waals surface area contributed by atoms with Crippen molar-refractivity contribution in [3.8, 4) is 0 Å². The number of aliphatic hydroxyl groups is 2. The van der Waals surface area contributed by atoms with E-state index in [4.69, 9.17) is 0 Å². The van der Waals surface area contributed by atoms with Gasteiger partial charge in [0.15, 0.2) is 0 Å². The third kappa shape index (κ3) is 3.31. The van der Waals surface area contributed by atoms with Gasteiger partial charge in [0.25, 0.3) is 0 Å². The number of rotatable bonds is 5. The van der Waals surface area contributed by atoms with Crippen molar-refractivity contribution in [2.45, 2.75) is 11.8 Å². The molecule has 4 heteroatoms. The quantitative estimate of drug-likeness (QED) is 0.805. The zero-order valence-electron chi connectivity index (χ0n) is 10.9. The van der Waals surface area contributed by atoms with Crippen molar-refractivity contribution in [1.29, 1.82) is 0 Å². The molecule has 0 aliphatic heterocycles. The van der Waals surface area contributed by atoms with Crippen LogP contribution in [0.3, 0.4) is 0 Å². The van der Waals surface area contributed by atoms with Crippen LogP contribution in [0.4, 0.5) is 0 Å². The van der Waals surface area contributed by atoms with E-state index >= 15 is 0 Å². The Labute approximate surface area is 135 Å². The van der Waals surface area contributed by atoms with Crippen LogP contribution in [0.5, 0.6) is 0 Å². The second kappa shape index (κ2) is 6.85. The molecular weight excluding hydrogens is 384 g/mol. The zero-order valence-corrected chi connectivity index (χ0v) is 14.1. The Hall–Kier alpha value is -0.680. The monoisotopic (exact) mass is 398 g/mol. The standard InChI is InChI=1S/C16H16Br2O2/c17-14-7-5-13(6-8-14)16(10-19,11-20)9-12-3-1-2-4-15(12)18/h1-8,19-20H,9-11H2. The SMILES string of the molecule is OCC(CO)(Cc1ccccc1Br)c1ccc(Br)cc1. The molecule has 2 nitrogen and oxygen atoms in total. The summed E-state index contributed by atoms with van der Waals surface area (Å²) >= 11 is 6.92. The maximum atomic E-state index is 9.86. The van der Waals surface area contributed by atoms with E-state index in [1.54, 1.807) is 0 Å². The van der Waals surface area contributed by atoms with Crippen LogP contribution in [-0.4, -0.2) is 23.4 Å². The summed E-state index contributed by atoms with van der Waals surface area (Å²) in [6.45, 7) is -0.209. The van der Waals surface area contributed by atoms with Gasteiger partial charge in [0.1, 0.15) is 0 Å². The van der Waals surface area contributed by atoms with Crippen molar-refractivity contribution in [3.05, 3.63) is 68.6 Å². The Morgan fingerprint density at radius 3 is 2.00 bits per heavy atom. The van der Waals surface area contributed by atoms with Gasteiger partial charge in [0, 0.05) is 14.4 Å². The van der Waals surface area contributed by atoms with E-state index in [0.717, 1.165) is 20.1 Å². The smallest absolute Gasteiger partial charge is 0.0553 e. The molecule has 0 spiro atoms. The average Bonchev–Trinajstić information content (AvgIpc) is 2.48. The van der Waals surface area contributed by atoms with Gasteiger partial charge in [-0.15, -0.1) is 0 Å². The van der Waals surface area contributed by atoms with Gasteiger partial charge in [-0.25, -0.2) is 0 Å². The third-order valence-corrected chi connectivity index (χ3v) is 4.85. The van der Waals surface area contributed by atoms with Crippen molar-refractivity contribution in [2.75, 3.05) is 13.2 Å². The minimum atomic E-state index is -0.676. The van der Waals surface area contributed by atoms with Crippen molar-refractivity contribution < 1.29 is 10.2 Å². The molecule has 0 aromatic heterocycles. The average molecular weight is 400 g/mol. The normalized spacial score (nSPS) is 11.6. The molecule has 2 aromatic rings. The number of hydrogen-bond acceptors (Lipinski definition) is 2. The molecule has 0 saturated heterocycles. The molecule has 2 N–H and O–H groups in total. The summed E-state index contributed by atoms with van der Waals surface area (Å²) in [7, 11) is 0. The molecule has 0 radical (unpaired) electrons. The lowest BCUT2D eigenvalue weighted by Crippen LogP contribution is -2.37. The molecule has 0 fully saturated rings. The number of halogens is 2. The van der Waals surface area contributed by atoms with Gasteiger partial charge in [-0.2, -0.15) is 0 Å². The van der Waals surface area contributed by atoms with Crippen molar-refractivity contribution in [3.63, 3.8) is 0 Å². The summed E-state index contributed by atoms with van der Waals surface area (Å²) in [5.74, 6) is 0. The Balaban J connectivity index is 2.39. The highest BCUT2D eigenvalue weighted by Crippen LogP contribution is 2.31. The van der Waals surface area contributed by atoms with Gasteiger partial charge in [-0.3, -0.25) is 0 Å². The molecule has 0 bridgehead atoms. The van der Waals surface area contributed by atoms with Crippen LogP contribution in [-0.2, 0) is 11.8 Å². The van der Waals surface area contributed by atoms with Crippen molar-refractivity contribution >= 4 is 31.9 Å². The van der Waals surface area contributed by atoms with Gasteiger partial charge in [0.05, 0.1) is 13.2 Å². The molecule has 0 aliphatic rings. The lowest BCUT2D eigenvalue weighted by molar-refractivity contribution is 0.116. The predicted molar refractivity (Wildman–Crippen MR) is 87.8 cm³/mol. The van der Waals surface area contributed by atoms with Crippen LogP contribution in [0, 0.1) is 0 Å². The summed E-state index contributed by atoms with van der Waals surface area (Å²) in [6.07, 6.45) is 0.572. The Bertz CT molecular complexity index is 563. The summed E-state index contributed by atoms with van der Waals surface area (Å²) in [4.78, 5) is 0. The molecule has 0 aliphatic carbocycles.